The second-order valence-corrected chi connectivity index (χ2v) is 38.2. The highest BCUT2D eigenvalue weighted by Gasteiger charge is 2.76. The van der Waals surface area contributed by atoms with Crippen LogP contribution in [0, 0.1) is 13.8 Å². The molecule has 2 N–H and O–H groups in total. The molecule has 5 aliphatic carbocycles. The van der Waals surface area contributed by atoms with E-state index in [-0.39, 0.29) is 42.5 Å². The smallest absolute Gasteiger partial charge is 0.305 e. The van der Waals surface area contributed by atoms with Gasteiger partial charge in [-0.1, -0.05) is 45.0 Å². The number of hydrogen-bond acceptors (Lipinski definition) is 6. The molecule has 111 heavy (non-hydrogen) atoms. The Labute approximate surface area is 620 Å². The van der Waals surface area contributed by atoms with Crippen molar-refractivity contribution in [3.63, 3.8) is 0 Å². The molecule has 2 spiro atoms. The molecular weight excluding hydrogens is 1360 g/mol. The molecule has 8 bridgehead atoms. The van der Waals surface area contributed by atoms with Crippen molar-refractivity contribution in [2.24, 2.45) is 0 Å². The summed E-state index contributed by atoms with van der Waals surface area (Å²) in [6, 6.07) is 14.7. The number of likely N-dealkylation sites (N-methyl/N-ethyl adjacent to an activating group) is 1. The molecule has 0 radical (unpaired) electrons. The van der Waals surface area contributed by atoms with Crippen LogP contribution in [0.2, 0.25) is 0 Å². The number of esters is 1. The molecule has 8 nitrogen and oxygen atoms in total. The second kappa shape index (κ2) is 13.2. The maximum absolute atomic E-state index is 14.8. The maximum atomic E-state index is 14.8. The highest BCUT2D eigenvalue weighted by molar-refractivity contribution is 6.82. The topological polar surface area (TPSA) is 104 Å². The molecule has 8 aliphatic rings. The molecule has 502 valence electrons. The highest BCUT2D eigenvalue weighted by Crippen LogP contribution is 2.87. The van der Waals surface area contributed by atoms with E-state index in [4.69, 9.17) is 14.7 Å². The number of carbonyl (C=O) groups is 2. The number of hydrogen-bond donors (Lipinski definition) is 2. The minimum Gasteiger partial charge on any atom is -0.469 e. The molecule has 6 heterocycles. The first-order chi connectivity index (χ1) is 54.5. The predicted molar refractivity (Wildman–Crippen MR) is 458 cm³/mol. The fourth-order valence-electron chi connectivity index (χ4n) is 33.9. The summed E-state index contributed by atoms with van der Waals surface area (Å²) < 4.78 is 5.43. The van der Waals surface area contributed by atoms with E-state index in [9.17, 15) is 9.59 Å². The summed E-state index contributed by atoms with van der Waals surface area (Å²) in [6.07, 6.45) is 2.69. The van der Waals surface area contributed by atoms with Crippen molar-refractivity contribution >= 4 is 336 Å². The molecule has 3 aliphatic heterocycles. The number of allylic oxidation sites excluding steroid dienone is 2. The first-order valence-corrected chi connectivity index (χ1v) is 41.2. The van der Waals surface area contributed by atoms with Gasteiger partial charge in [0.1, 0.15) is 0 Å². The van der Waals surface area contributed by atoms with Crippen molar-refractivity contribution in [2.45, 2.75) is 102 Å². The SMILES string of the molecule is CCC1=C(C)c2cc3[nH]c(c(C)c3CC)c(-c3ccc(C4N(C)CC56c7c8c9c%10c%11c%12c(c%13c%14c5c5c7c7c%15c8c8c9c9c%11c%11c%16c%12c%12c%13c%13c%14c%14c5c5c7c7c%15c%15c8c8c9c%11c9c%11c%16c%12c%12c%13c%13c%14c5c5c7c7c%15c8c9c8c%11c%12c%13c5c78)C%1046)cc3)c3nc(c4c5[nH]c(cc1n2)c(C)c5C(=O)C4)[C@@H](CCC(=O)OC)[C@@H]3C. The van der Waals surface area contributed by atoms with E-state index in [1.165, 1.54) is 34.9 Å². The lowest BCUT2D eigenvalue weighted by molar-refractivity contribution is -0.140. The number of methoxy groups -OCH3 is 1. The van der Waals surface area contributed by atoms with Crippen molar-refractivity contribution in [2.75, 3.05) is 20.7 Å². The van der Waals surface area contributed by atoms with Crippen LogP contribution in [0.1, 0.15) is 148 Å². The standard InChI is InChI=1S/C103H47N5O3/c1-9-27-21(3)31-18-34-28(10-2)22(4)97(106-34)38(98-23(5)29(15-16-36(110)111-8)99(107-98)30-17-35(109)37-24(6)32(105-100(30)37)19-33(27)104-31)25-11-13-26(14-12-25)101-103-95-89-83-73-61-53-45-41-39-40-43-47(45)55(61)65-59-51(43)52-44(40)48-46-42(39)50-49(41)57-63(53)71-77-67(57)68-58(50)64-54(46)62-56(48)66-60(52)70-69(59)81(75(65)83)91(95)92-82(70)76(66)84-74(62)80-72(64)78(68)86-85(77)93(87(89)79(71)73)102(103,20-108(101)7)94(86)88(80)90(84)96(92)103/h11-14,18-19,23,29,101,105-106H,9-10,15-17,20H2,1-8H3/t23-,29-,101?,102?,103?/m0/s1. The first-order valence-electron chi connectivity index (χ1n) is 41.2. The van der Waals surface area contributed by atoms with Gasteiger partial charge in [-0.3, -0.25) is 19.5 Å². The molecule has 32 aromatic rings. The van der Waals surface area contributed by atoms with Gasteiger partial charge in [0.15, 0.2) is 5.78 Å². The Bertz CT molecular complexity index is 10000. The summed E-state index contributed by atoms with van der Waals surface area (Å²) in [5.74, 6) is -0.425. The zero-order chi connectivity index (χ0) is 70.4. The van der Waals surface area contributed by atoms with Gasteiger partial charge in [0.2, 0.25) is 0 Å². The van der Waals surface area contributed by atoms with Crippen molar-refractivity contribution in [3.8, 4) is 11.1 Å². The largest absolute Gasteiger partial charge is 0.469 e. The fourth-order valence-corrected chi connectivity index (χ4v) is 33.9. The third-order valence-corrected chi connectivity index (χ3v) is 36.0. The molecule has 3 aromatic heterocycles. The molecule has 3 atom stereocenters. The number of likely N-dealkylation sites (tertiary alicyclic amines) is 1. The number of aromatic nitrogens is 4. The minimum absolute atomic E-state index is 0.0510. The van der Waals surface area contributed by atoms with Crippen molar-refractivity contribution in [1.29, 1.82) is 0 Å². The lowest BCUT2D eigenvalue weighted by Crippen LogP contribution is -2.51. The van der Waals surface area contributed by atoms with Gasteiger partial charge in [-0.15, -0.1) is 0 Å². The zero-order valence-corrected chi connectivity index (χ0v) is 61.0. The predicted octanol–water partition coefficient (Wildman–Crippen LogP) is 25.4. The lowest BCUT2D eigenvalue weighted by Gasteiger charge is -2.52. The maximum Gasteiger partial charge on any atom is 0.305 e. The highest BCUT2D eigenvalue weighted by atomic mass is 16.5. The van der Waals surface area contributed by atoms with Crippen LogP contribution < -0.4 is 0 Å². The molecule has 0 saturated carbocycles. The number of benzene rings is 19. The Balaban J connectivity index is 0.708. The molecule has 29 aromatic carbocycles. The van der Waals surface area contributed by atoms with Gasteiger partial charge < -0.3 is 14.7 Å². The van der Waals surface area contributed by atoms with Crippen LogP contribution in [-0.2, 0) is 33.2 Å². The number of aryl methyl sites for hydroxylation is 3. The third-order valence-electron chi connectivity index (χ3n) is 36.0. The van der Waals surface area contributed by atoms with Crippen LogP contribution >= 0.6 is 0 Å². The number of ether oxygens (including phenoxy) is 1. The average molecular weight is 1400 g/mol. The number of carbonyl (C=O) groups excluding carboxylic acids is 2. The Morgan fingerprint density at radius 2 is 0.856 bits per heavy atom. The number of ketones is 1. The fraction of sp³-hybridized carbons (Fsp3) is 0.184. The number of nitrogens with zero attached hydrogens (tertiary/aromatic N) is 3. The molecule has 40 rings (SSSR count). The summed E-state index contributed by atoms with van der Waals surface area (Å²) in [4.78, 5) is 50.8. The number of aromatic amines is 2. The lowest BCUT2D eigenvalue weighted by atomic mass is 9.47. The number of fused-ring (bicyclic) bond motifs is 8. The second-order valence-electron chi connectivity index (χ2n) is 38.2. The van der Waals surface area contributed by atoms with Gasteiger partial charge in [0, 0.05) is 65.0 Å². The van der Waals surface area contributed by atoms with Crippen molar-refractivity contribution in [1.82, 2.24) is 24.8 Å². The van der Waals surface area contributed by atoms with E-state index in [0.717, 1.165) is 92.0 Å². The quantitative estimate of drug-likeness (QED) is 0.122. The first kappa shape index (κ1) is 50.4. The van der Waals surface area contributed by atoms with E-state index < -0.39 is 10.8 Å². The van der Waals surface area contributed by atoms with E-state index in [2.05, 4.69) is 99.9 Å². The molecular formula is C103H47N5O3. The Morgan fingerprint density at radius 1 is 0.468 bits per heavy atom. The van der Waals surface area contributed by atoms with Crippen LogP contribution in [0.15, 0.2) is 36.4 Å². The third kappa shape index (κ3) is 3.56. The number of rotatable bonds is 7. The minimum atomic E-state index is -0.519. The van der Waals surface area contributed by atoms with Crippen molar-refractivity contribution < 1.29 is 14.3 Å². The number of H-pyrrole nitrogens is 2. The Kier molecular flexibility index (Phi) is 6.00. The van der Waals surface area contributed by atoms with Gasteiger partial charge in [0.05, 0.1) is 51.7 Å². The molecule has 0 amide bonds. The zero-order valence-electron chi connectivity index (χ0n) is 61.0. The summed E-state index contributed by atoms with van der Waals surface area (Å²) >= 11 is 0. The van der Waals surface area contributed by atoms with E-state index >= 15 is 0 Å². The van der Waals surface area contributed by atoms with E-state index in [0.29, 0.717) is 6.42 Å². The summed E-state index contributed by atoms with van der Waals surface area (Å²) in [5, 5.41) is 87.7. The number of Topliss-reactive ketones (excluding diaryl/α,β-unsaturated/α-hetero) is 1. The van der Waals surface area contributed by atoms with Crippen LogP contribution in [0.25, 0.3) is 335 Å². The van der Waals surface area contributed by atoms with Crippen molar-refractivity contribution in [3.05, 3.63) is 115 Å². The summed E-state index contributed by atoms with van der Waals surface area (Å²) in [7, 11) is 4.07. The van der Waals surface area contributed by atoms with Crippen LogP contribution in [0.4, 0.5) is 0 Å². The van der Waals surface area contributed by atoms with Gasteiger partial charge in [0.25, 0.3) is 0 Å². The Hall–Kier alpha value is -12.4. The van der Waals surface area contributed by atoms with E-state index in [1.54, 1.807) is 313 Å². The Morgan fingerprint density at radius 3 is 1.25 bits per heavy atom. The van der Waals surface area contributed by atoms with Crippen LogP contribution in [-0.4, -0.2) is 57.3 Å². The van der Waals surface area contributed by atoms with Crippen LogP contribution in [0.5, 0.6) is 0 Å². The van der Waals surface area contributed by atoms with Gasteiger partial charge >= 0.3 is 5.97 Å². The summed E-state index contributed by atoms with van der Waals surface area (Å²) in [6.45, 7) is 14.4. The summed E-state index contributed by atoms with van der Waals surface area (Å²) in [5.41, 5.74) is 24.6. The average Bonchev–Trinajstić information content (AvgIpc) is 1.38. The normalized spacial score (nSPS) is 21.9. The monoisotopic (exact) mass is 1400 g/mol. The molecule has 8 heteroatoms. The molecule has 1 unspecified atom stereocenters. The van der Waals surface area contributed by atoms with Gasteiger partial charge in [-0.25, -0.2) is 4.98 Å². The van der Waals surface area contributed by atoms with Crippen LogP contribution in [0.3, 0.4) is 0 Å². The number of nitrogens with one attached hydrogen (secondary N) is 2. The van der Waals surface area contributed by atoms with Gasteiger partial charge in [-0.05, 0) is 411 Å². The van der Waals surface area contributed by atoms with E-state index in [1.807, 2.05) is 0 Å². The molecule has 1 fully saturated rings. The van der Waals surface area contributed by atoms with Gasteiger partial charge in [-0.2, -0.15) is 0 Å². The molecule has 1 saturated heterocycles.